The van der Waals surface area contributed by atoms with E-state index in [0.717, 1.165) is 48.6 Å². The fourth-order valence-electron chi connectivity index (χ4n) is 5.69. The second-order valence-electron chi connectivity index (χ2n) is 10.7. The number of amides is 3. The third-order valence-electron chi connectivity index (χ3n) is 8.31. The van der Waals surface area contributed by atoms with Gasteiger partial charge in [-0.15, -0.1) is 0 Å². The van der Waals surface area contributed by atoms with E-state index in [1.165, 1.54) is 16.3 Å². The first-order chi connectivity index (χ1) is 17.5. The Bertz CT molecular complexity index is 1180. The highest BCUT2D eigenvalue weighted by molar-refractivity contribution is 7.89. The second-order valence-corrected chi connectivity index (χ2v) is 12.8. The molecule has 11 heteroatoms. The first-order valence-electron chi connectivity index (χ1n) is 13.1. The number of nitrogens with one attached hydrogen (secondary N) is 1. The topological polar surface area (TPSA) is 134 Å². The summed E-state index contributed by atoms with van der Waals surface area (Å²) in [5, 5.41) is 3.03. The van der Waals surface area contributed by atoms with Crippen molar-refractivity contribution in [3.63, 3.8) is 0 Å². The van der Waals surface area contributed by atoms with E-state index < -0.39 is 21.6 Å². The highest BCUT2D eigenvalue weighted by Gasteiger charge is 2.48. The van der Waals surface area contributed by atoms with Crippen molar-refractivity contribution < 1.29 is 22.7 Å². The van der Waals surface area contributed by atoms with E-state index in [0.29, 0.717) is 30.2 Å². The number of methoxy groups -OCH3 is 1. The van der Waals surface area contributed by atoms with Gasteiger partial charge in [0.1, 0.15) is 17.1 Å². The molecule has 0 aromatic heterocycles. The van der Waals surface area contributed by atoms with Crippen molar-refractivity contribution >= 4 is 33.5 Å². The largest absolute Gasteiger partial charge is 0.496 e. The Morgan fingerprint density at radius 3 is 2.49 bits per heavy atom. The van der Waals surface area contributed by atoms with Gasteiger partial charge in [0.05, 0.1) is 12.9 Å². The lowest BCUT2D eigenvalue weighted by atomic mass is 9.82. The summed E-state index contributed by atoms with van der Waals surface area (Å²) in [6, 6.07) is 2.88. The normalized spacial score (nSPS) is 24.0. The highest BCUT2D eigenvalue weighted by Crippen LogP contribution is 2.36. The monoisotopic (exact) mass is 533 g/mol. The molecule has 4 rings (SSSR count). The predicted octanol–water partition coefficient (Wildman–Crippen LogP) is 2.58. The molecule has 0 unspecified atom stereocenters. The average Bonchev–Trinajstić information content (AvgIpc) is 3.18. The summed E-state index contributed by atoms with van der Waals surface area (Å²) in [5.41, 5.74) is 6.70. The molecule has 0 atom stereocenters. The van der Waals surface area contributed by atoms with Gasteiger partial charge in [-0.05, 0) is 62.1 Å². The second kappa shape index (κ2) is 10.6. The predicted molar refractivity (Wildman–Crippen MR) is 143 cm³/mol. The Labute approximate surface area is 219 Å². The minimum atomic E-state index is -3.55. The molecule has 1 saturated heterocycles. The molecule has 10 nitrogen and oxygen atoms in total. The number of aliphatic imine (C=N–C) groups is 1. The molecule has 1 aliphatic carbocycles. The smallest absolute Gasteiger partial charge is 0.318 e. The number of nitrogens with zero attached hydrogens (tertiary/aromatic N) is 3. The molecule has 1 spiro atoms. The van der Waals surface area contributed by atoms with Gasteiger partial charge in [-0.25, -0.2) is 17.5 Å². The van der Waals surface area contributed by atoms with Crippen LogP contribution in [0.3, 0.4) is 0 Å². The van der Waals surface area contributed by atoms with Gasteiger partial charge < -0.3 is 15.8 Å². The number of sulfonamides is 1. The maximum Gasteiger partial charge on any atom is 0.318 e. The molecule has 2 fully saturated rings. The Morgan fingerprint density at radius 2 is 1.89 bits per heavy atom. The van der Waals surface area contributed by atoms with E-state index in [2.05, 4.69) is 12.2 Å². The van der Waals surface area contributed by atoms with E-state index >= 15 is 0 Å². The number of ether oxygens (including phenoxy) is 1. The molecule has 3 aliphatic rings. The molecule has 0 bridgehead atoms. The lowest BCUT2D eigenvalue weighted by Crippen LogP contribution is -2.51. The Hall–Kier alpha value is -2.66. The molecule has 37 heavy (non-hydrogen) atoms. The van der Waals surface area contributed by atoms with Crippen LogP contribution in [0.1, 0.15) is 56.6 Å². The number of piperidine rings is 1. The standard InChI is InChI=1S/C26H39N5O5S/c1-17-5-7-19(8-6-17)23-28-24(32)26(29-23)10-12-31(13-11-26)37(34,35)14-9-21-18(2)15-20(16-22(21)36-4)30(3)25(27)33/h15-17,19H,5-14H2,1-4H3,(H2,27,33)(H,28,29,32). The molecule has 2 heterocycles. The molecule has 1 aromatic rings. The third-order valence-corrected chi connectivity index (χ3v) is 10.2. The summed E-state index contributed by atoms with van der Waals surface area (Å²) < 4.78 is 33.5. The van der Waals surface area contributed by atoms with Gasteiger partial charge in [-0.1, -0.05) is 19.8 Å². The van der Waals surface area contributed by atoms with Crippen molar-refractivity contribution in [2.75, 3.05) is 37.9 Å². The van der Waals surface area contributed by atoms with Crippen molar-refractivity contribution in [2.24, 2.45) is 22.6 Å². The van der Waals surface area contributed by atoms with Crippen LogP contribution in [-0.4, -0.2) is 69.0 Å². The van der Waals surface area contributed by atoms with Crippen molar-refractivity contribution in [3.05, 3.63) is 23.3 Å². The molecule has 1 aromatic carbocycles. The molecule has 2 aliphatic heterocycles. The maximum absolute atomic E-state index is 13.2. The number of urea groups is 1. The fraction of sp³-hybridized carbons (Fsp3) is 0.654. The lowest BCUT2D eigenvalue weighted by Gasteiger charge is -2.34. The number of hydrogen-bond donors (Lipinski definition) is 2. The molecular weight excluding hydrogens is 494 g/mol. The number of anilines is 1. The summed E-state index contributed by atoms with van der Waals surface area (Å²) in [6.45, 7) is 4.66. The Kier molecular flexibility index (Phi) is 7.85. The van der Waals surface area contributed by atoms with E-state index in [-0.39, 0.29) is 31.2 Å². The molecule has 3 amide bonds. The summed E-state index contributed by atoms with van der Waals surface area (Å²) in [4.78, 5) is 30.6. The lowest BCUT2D eigenvalue weighted by molar-refractivity contribution is -0.125. The van der Waals surface area contributed by atoms with Gasteiger partial charge in [0.15, 0.2) is 0 Å². The number of rotatable bonds is 7. The Morgan fingerprint density at radius 1 is 1.24 bits per heavy atom. The van der Waals surface area contributed by atoms with Crippen LogP contribution in [0.2, 0.25) is 0 Å². The number of carbonyl (C=O) groups excluding carboxylic acids is 2. The van der Waals surface area contributed by atoms with Crippen molar-refractivity contribution in [1.29, 1.82) is 0 Å². The van der Waals surface area contributed by atoms with E-state index in [1.807, 2.05) is 6.92 Å². The van der Waals surface area contributed by atoms with Crippen LogP contribution in [0.25, 0.3) is 0 Å². The van der Waals surface area contributed by atoms with Crippen LogP contribution in [0.15, 0.2) is 17.1 Å². The SMILES string of the molecule is COc1cc(N(C)C(N)=O)cc(C)c1CCS(=O)(=O)N1CCC2(CC1)N=C(C1CCC(C)CC1)NC2=O. The zero-order valence-corrected chi connectivity index (χ0v) is 23.1. The number of hydrogen-bond acceptors (Lipinski definition) is 6. The number of aryl methyl sites for hydroxylation is 1. The molecule has 3 N–H and O–H groups in total. The molecule has 0 radical (unpaired) electrons. The van der Waals surface area contributed by atoms with Gasteiger partial charge in [0.25, 0.3) is 5.91 Å². The summed E-state index contributed by atoms with van der Waals surface area (Å²) in [5.74, 6) is 2.17. The maximum atomic E-state index is 13.2. The van der Waals surface area contributed by atoms with Crippen LogP contribution in [-0.2, 0) is 21.2 Å². The number of nitrogens with two attached hydrogens (primary N) is 1. The fourth-order valence-corrected chi connectivity index (χ4v) is 7.15. The van der Waals surface area contributed by atoms with Gasteiger partial charge in [0, 0.05) is 37.8 Å². The van der Waals surface area contributed by atoms with E-state index in [1.54, 1.807) is 19.2 Å². The van der Waals surface area contributed by atoms with E-state index in [9.17, 15) is 18.0 Å². The van der Waals surface area contributed by atoms with Crippen LogP contribution >= 0.6 is 0 Å². The molecule has 204 valence electrons. The summed E-state index contributed by atoms with van der Waals surface area (Å²) in [6.07, 6.45) is 5.42. The zero-order valence-electron chi connectivity index (χ0n) is 22.2. The van der Waals surface area contributed by atoms with Gasteiger partial charge in [-0.3, -0.25) is 14.7 Å². The van der Waals surface area contributed by atoms with Gasteiger partial charge >= 0.3 is 6.03 Å². The Balaban J connectivity index is 1.40. The van der Waals surface area contributed by atoms with Crippen molar-refractivity contribution in [1.82, 2.24) is 9.62 Å². The van der Waals surface area contributed by atoms with Gasteiger partial charge in [0.2, 0.25) is 10.0 Å². The van der Waals surface area contributed by atoms with E-state index in [4.69, 9.17) is 15.5 Å². The highest BCUT2D eigenvalue weighted by atomic mass is 32.2. The average molecular weight is 534 g/mol. The zero-order chi connectivity index (χ0) is 27.0. The molecular formula is C26H39N5O5S. The quantitative estimate of drug-likeness (QED) is 0.556. The summed E-state index contributed by atoms with van der Waals surface area (Å²) in [7, 11) is -0.473. The van der Waals surface area contributed by atoms with Gasteiger partial charge in [-0.2, -0.15) is 0 Å². The minimum Gasteiger partial charge on any atom is -0.496 e. The van der Waals surface area contributed by atoms with Crippen molar-refractivity contribution in [2.45, 2.75) is 64.3 Å². The number of primary amides is 1. The molecule has 1 saturated carbocycles. The number of carbonyl (C=O) groups is 2. The van der Waals surface area contributed by atoms with Crippen LogP contribution < -0.4 is 20.7 Å². The number of benzene rings is 1. The third kappa shape index (κ3) is 5.62. The van der Waals surface area contributed by atoms with Crippen LogP contribution in [0, 0.1) is 18.8 Å². The number of amidine groups is 1. The van der Waals surface area contributed by atoms with Crippen LogP contribution in [0.5, 0.6) is 5.75 Å². The first kappa shape index (κ1) is 27.4. The first-order valence-corrected chi connectivity index (χ1v) is 14.7. The van der Waals surface area contributed by atoms with Crippen molar-refractivity contribution in [3.8, 4) is 5.75 Å². The summed E-state index contributed by atoms with van der Waals surface area (Å²) >= 11 is 0. The minimum absolute atomic E-state index is 0.0802. The van der Waals surface area contributed by atoms with Crippen LogP contribution in [0.4, 0.5) is 10.5 Å².